The lowest BCUT2D eigenvalue weighted by Crippen LogP contribution is -2.17. The normalized spacial score (nSPS) is 12.1. The third-order valence-corrected chi connectivity index (χ3v) is 4.29. The molecule has 2 aromatic rings. The summed E-state index contributed by atoms with van der Waals surface area (Å²) in [4.78, 5) is 12.6. The highest BCUT2D eigenvalue weighted by Crippen LogP contribution is 2.28. The van der Waals surface area contributed by atoms with Gasteiger partial charge >= 0.3 is 0 Å². The second-order valence-electron chi connectivity index (χ2n) is 8.56. The zero-order chi connectivity index (χ0) is 18.1. The molecule has 0 saturated carbocycles. The van der Waals surface area contributed by atoms with Gasteiger partial charge in [-0.15, -0.1) is 0 Å². The average Bonchev–Trinajstić information content (AvgIpc) is 2.47. The summed E-state index contributed by atoms with van der Waals surface area (Å²) in [5.74, 6) is -0.0650. The van der Waals surface area contributed by atoms with E-state index in [4.69, 9.17) is 0 Å². The molecule has 24 heavy (non-hydrogen) atoms. The lowest BCUT2D eigenvalue weighted by atomic mass is 9.84. The van der Waals surface area contributed by atoms with E-state index in [2.05, 4.69) is 72.0 Å². The zero-order valence-electron chi connectivity index (χ0n) is 15.9. The van der Waals surface area contributed by atoms with Gasteiger partial charge in [0.05, 0.1) is 0 Å². The Morgan fingerprint density at radius 1 is 0.875 bits per heavy atom. The Morgan fingerprint density at radius 2 is 1.54 bits per heavy atom. The highest BCUT2D eigenvalue weighted by Gasteiger charge is 2.18. The Kier molecular flexibility index (Phi) is 4.89. The molecule has 0 aliphatic heterocycles. The minimum Gasteiger partial charge on any atom is -0.322 e. The largest absolute Gasteiger partial charge is 0.322 e. The average molecular weight is 323 g/mol. The maximum absolute atomic E-state index is 12.6. The molecule has 2 rings (SSSR count). The van der Waals surface area contributed by atoms with Crippen molar-refractivity contribution in [2.75, 3.05) is 5.32 Å². The molecule has 0 radical (unpaired) electrons. The van der Waals surface area contributed by atoms with Crippen LogP contribution < -0.4 is 5.32 Å². The predicted molar refractivity (Wildman–Crippen MR) is 103 cm³/mol. The number of hydrogen-bond acceptors (Lipinski definition) is 1. The molecule has 2 aromatic carbocycles. The quantitative estimate of drug-likeness (QED) is 0.738. The van der Waals surface area contributed by atoms with E-state index in [1.54, 1.807) is 0 Å². The summed E-state index contributed by atoms with van der Waals surface area (Å²) >= 11 is 0. The predicted octanol–water partition coefficient (Wildman–Crippen LogP) is 5.84. The van der Waals surface area contributed by atoms with Gasteiger partial charge in [-0.2, -0.15) is 0 Å². The number of carbonyl (C=O) groups excluding carboxylic acids is 1. The van der Waals surface area contributed by atoms with Crippen molar-refractivity contribution in [1.29, 1.82) is 0 Å². The molecule has 0 aromatic heterocycles. The molecule has 1 amide bonds. The molecule has 2 nitrogen and oxygen atoms in total. The summed E-state index contributed by atoms with van der Waals surface area (Å²) < 4.78 is 0. The van der Waals surface area contributed by atoms with Gasteiger partial charge in [0, 0.05) is 11.3 Å². The summed E-state index contributed by atoms with van der Waals surface area (Å²) in [7, 11) is 0. The fraction of sp³-hybridized carbons (Fsp3) is 0.409. The van der Waals surface area contributed by atoms with E-state index >= 15 is 0 Å². The van der Waals surface area contributed by atoms with Crippen LogP contribution in [-0.4, -0.2) is 5.91 Å². The van der Waals surface area contributed by atoms with Gasteiger partial charge in [-0.05, 0) is 58.7 Å². The molecule has 0 spiro atoms. The standard InChI is InChI=1S/C22H29NO/c1-15-11-12-18(14-19(15)22(5,6)7)23-20(24)16-9-8-10-17(13-16)21(2,3)4/h8-14H,1-7H3,(H,23,24). The van der Waals surface area contributed by atoms with Gasteiger partial charge in [0.1, 0.15) is 0 Å². The zero-order valence-corrected chi connectivity index (χ0v) is 15.9. The Balaban J connectivity index is 2.28. The Morgan fingerprint density at radius 3 is 2.12 bits per heavy atom. The SMILES string of the molecule is Cc1ccc(NC(=O)c2cccc(C(C)(C)C)c2)cc1C(C)(C)C. The number of benzene rings is 2. The van der Waals surface area contributed by atoms with Crippen molar-refractivity contribution >= 4 is 11.6 Å². The van der Waals surface area contributed by atoms with Crippen molar-refractivity contribution < 1.29 is 4.79 Å². The van der Waals surface area contributed by atoms with Crippen LogP contribution in [-0.2, 0) is 10.8 Å². The van der Waals surface area contributed by atoms with Gasteiger partial charge in [-0.1, -0.05) is 59.7 Å². The summed E-state index contributed by atoms with van der Waals surface area (Å²) in [5.41, 5.74) is 5.28. The van der Waals surface area contributed by atoms with Gasteiger partial charge in [0.25, 0.3) is 5.91 Å². The van der Waals surface area contributed by atoms with Crippen molar-refractivity contribution in [3.63, 3.8) is 0 Å². The minimum atomic E-state index is -0.0650. The van der Waals surface area contributed by atoms with Gasteiger partial charge in [0.15, 0.2) is 0 Å². The van der Waals surface area contributed by atoms with Crippen LogP contribution in [0.3, 0.4) is 0 Å². The van der Waals surface area contributed by atoms with Gasteiger partial charge in [-0.25, -0.2) is 0 Å². The van der Waals surface area contributed by atoms with Gasteiger partial charge in [0.2, 0.25) is 0 Å². The first kappa shape index (κ1) is 18.3. The lowest BCUT2D eigenvalue weighted by Gasteiger charge is -2.23. The number of rotatable bonds is 2. The number of carbonyl (C=O) groups is 1. The van der Waals surface area contributed by atoms with E-state index in [-0.39, 0.29) is 16.7 Å². The number of hydrogen-bond donors (Lipinski definition) is 1. The van der Waals surface area contributed by atoms with E-state index in [1.807, 2.05) is 24.3 Å². The summed E-state index contributed by atoms with van der Waals surface area (Å²) in [6.45, 7) is 15.1. The molecule has 0 saturated heterocycles. The molecule has 0 aliphatic rings. The molecule has 0 atom stereocenters. The van der Waals surface area contributed by atoms with E-state index < -0.39 is 0 Å². The molecule has 128 valence electrons. The Bertz CT molecular complexity index is 745. The Labute approximate surface area is 146 Å². The maximum atomic E-state index is 12.6. The molecular weight excluding hydrogens is 294 g/mol. The number of amides is 1. The number of nitrogens with one attached hydrogen (secondary N) is 1. The maximum Gasteiger partial charge on any atom is 0.255 e. The van der Waals surface area contributed by atoms with Crippen molar-refractivity contribution in [3.05, 3.63) is 64.7 Å². The van der Waals surface area contributed by atoms with Crippen LogP contribution in [0.2, 0.25) is 0 Å². The molecular formula is C22H29NO. The second kappa shape index (κ2) is 6.43. The van der Waals surface area contributed by atoms with Crippen LogP contribution in [0.5, 0.6) is 0 Å². The van der Waals surface area contributed by atoms with E-state index in [9.17, 15) is 4.79 Å². The topological polar surface area (TPSA) is 29.1 Å². The monoisotopic (exact) mass is 323 g/mol. The first-order chi connectivity index (χ1) is 11.0. The molecule has 0 heterocycles. The molecule has 2 heteroatoms. The lowest BCUT2D eigenvalue weighted by molar-refractivity contribution is 0.102. The third-order valence-electron chi connectivity index (χ3n) is 4.29. The summed E-state index contributed by atoms with van der Waals surface area (Å²) in [6, 6.07) is 14.0. The second-order valence-corrected chi connectivity index (χ2v) is 8.56. The number of anilines is 1. The van der Waals surface area contributed by atoms with Crippen LogP contribution in [0.15, 0.2) is 42.5 Å². The first-order valence-corrected chi connectivity index (χ1v) is 8.51. The van der Waals surface area contributed by atoms with E-state index in [0.29, 0.717) is 5.56 Å². The van der Waals surface area contributed by atoms with Crippen molar-refractivity contribution in [2.24, 2.45) is 0 Å². The molecule has 0 unspecified atom stereocenters. The van der Waals surface area contributed by atoms with Crippen LogP contribution in [0.1, 0.15) is 68.6 Å². The molecule has 0 aliphatic carbocycles. The summed E-state index contributed by atoms with van der Waals surface area (Å²) in [5, 5.41) is 3.04. The Hall–Kier alpha value is -2.09. The smallest absolute Gasteiger partial charge is 0.255 e. The van der Waals surface area contributed by atoms with Crippen molar-refractivity contribution in [3.8, 4) is 0 Å². The first-order valence-electron chi connectivity index (χ1n) is 8.51. The van der Waals surface area contributed by atoms with Gasteiger partial charge < -0.3 is 5.32 Å². The molecule has 1 N–H and O–H groups in total. The molecule has 0 fully saturated rings. The van der Waals surface area contributed by atoms with Crippen molar-refractivity contribution in [2.45, 2.75) is 59.3 Å². The summed E-state index contributed by atoms with van der Waals surface area (Å²) in [6.07, 6.45) is 0. The fourth-order valence-corrected chi connectivity index (χ4v) is 2.84. The van der Waals surface area contributed by atoms with Crippen LogP contribution in [0.4, 0.5) is 5.69 Å². The third kappa shape index (κ3) is 4.25. The highest BCUT2D eigenvalue weighted by molar-refractivity contribution is 6.04. The van der Waals surface area contributed by atoms with E-state index in [0.717, 1.165) is 11.3 Å². The van der Waals surface area contributed by atoms with Crippen molar-refractivity contribution in [1.82, 2.24) is 0 Å². The number of aryl methyl sites for hydroxylation is 1. The van der Waals surface area contributed by atoms with E-state index in [1.165, 1.54) is 11.1 Å². The van der Waals surface area contributed by atoms with Crippen LogP contribution >= 0.6 is 0 Å². The van der Waals surface area contributed by atoms with Crippen LogP contribution in [0.25, 0.3) is 0 Å². The van der Waals surface area contributed by atoms with Gasteiger partial charge in [-0.3, -0.25) is 4.79 Å². The fourth-order valence-electron chi connectivity index (χ4n) is 2.84. The van der Waals surface area contributed by atoms with Crippen LogP contribution in [0, 0.1) is 6.92 Å². The molecule has 0 bridgehead atoms. The minimum absolute atomic E-state index is 0.0273. The highest BCUT2D eigenvalue weighted by atomic mass is 16.1.